The number of rotatable bonds is 1. The van der Waals surface area contributed by atoms with E-state index in [2.05, 4.69) is 40.5 Å². The van der Waals surface area contributed by atoms with Crippen molar-refractivity contribution in [1.29, 1.82) is 0 Å². The molecule has 0 fully saturated rings. The second kappa shape index (κ2) is 3.39. The van der Waals surface area contributed by atoms with E-state index in [4.69, 9.17) is 0 Å². The lowest BCUT2D eigenvalue weighted by Gasteiger charge is -1.99. The SMILES string of the molecule is CCc1ncc(Br)cc1S. The predicted octanol–water partition coefficient (Wildman–Crippen LogP) is 2.70. The summed E-state index contributed by atoms with van der Waals surface area (Å²) in [6.45, 7) is 2.07. The molecule has 0 aliphatic heterocycles. The number of thiol groups is 1. The van der Waals surface area contributed by atoms with Crippen LogP contribution in [-0.4, -0.2) is 4.98 Å². The highest BCUT2D eigenvalue weighted by molar-refractivity contribution is 9.10. The largest absolute Gasteiger partial charge is 0.259 e. The van der Waals surface area contributed by atoms with Crippen molar-refractivity contribution in [3.63, 3.8) is 0 Å². The van der Waals surface area contributed by atoms with E-state index in [-0.39, 0.29) is 0 Å². The normalized spacial score (nSPS) is 9.90. The number of aromatic nitrogens is 1. The van der Waals surface area contributed by atoms with Crippen LogP contribution < -0.4 is 0 Å². The third-order valence-corrected chi connectivity index (χ3v) is 2.07. The third kappa shape index (κ3) is 1.73. The van der Waals surface area contributed by atoms with Crippen molar-refractivity contribution in [3.05, 3.63) is 22.4 Å². The summed E-state index contributed by atoms with van der Waals surface area (Å²) < 4.78 is 0.981. The van der Waals surface area contributed by atoms with Gasteiger partial charge in [0, 0.05) is 15.6 Å². The minimum atomic E-state index is 0.937. The van der Waals surface area contributed by atoms with Crippen LogP contribution in [0.5, 0.6) is 0 Å². The van der Waals surface area contributed by atoms with Crippen molar-refractivity contribution in [1.82, 2.24) is 4.98 Å². The average Bonchev–Trinajstić information content (AvgIpc) is 1.88. The molecule has 1 nitrogen and oxygen atoms in total. The maximum absolute atomic E-state index is 4.26. The molecule has 0 bridgehead atoms. The summed E-state index contributed by atoms with van der Waals surface area (Å²) in [4.78, 5) is 5.13. The minimum absolute atomic E-state index is 0.937. The highest BCUT2D eigenvalue weighted by atomic mass is 79.9. The number of aryl methyl sites for hydroxylation is 1. The Balaban J connectivity index is 3.07. The maximum atomic E-state index is 4.26. The fourth-order valence-electron chi connectivity index (χ4n) is 0.729. The number of nitrogens with zero attached hydrogens (tertiary/aromatic N) is 1. The number of hydrogen-bond acceptors (Lipinski definition) is 2. The van der Waals surface area contributed by atoms with E-state index < -0.39 is 0 Å². The van der Waals surface area contributed by atoms with Crippen LogP contribution in [0.1, 0.15) is 12.6 Å². The van der Waals surface area contributed by atoms with E-state index in [0.29, 0.717) is 0 Å². The van der Waals surface area contributed by atoms with Gasteiger partial charge in [0.05, 0.1) is 5.69 Å². The van der Waals surface area contributed by atoms with Gasteiger partial charge in [-0.1, -0.05) is 6.92 Å². The molecule has 0 aromatic carbocycles. The van der Waals surface area contributed by atoms with Crippen molar-refractivity contribution in [2.24, 2.45) is 0 Å². The van der Waals surface area contributed by atoms with Crippen molar-refractivity contribution in [2.75, 3.05) is 0 Å². The molecule has 1 heterocycles. The lowest BCUT2D eigenvalue weighted by Crippen LogP contribution is -1.87. The Hall–Kier alpha value is -0.0200. The van der Waals surface area contributed by atoms with E-state index in [9.17, 15) is 0 Å². The second-order valence-electron chi connectivity index (χ2n) is 1.97. The standard InChI is InChI=1S/C7H8BrNS/c1-2-6-7(10)3-5(8)4-9-6/h3-4,10H,2H2,1H3. The smallest absolute Gasteiger partial charge is 0.0534 e. The van der Waals surface area contributed by atoms with Gasteiger partial charge in [0.2, 0.25) is 0 Å². The zero-order chi connectivity index (χ0) is 7.56. The van der Waals surface area contributed by atoms with Gasteiger partial charge in [-0.15, -0.1) is 12.6 Å². The predicted molar refractivity (Wildman–Crippen MR) is 48.6 cm³/mol. The Morgan fingerprint density at radius 1 is 1.70 bits per heavy atom. The van der Waals surface area contributed by atoms with Crippen molar-refractivity contribution in [2.45, 2.75) is 18.2 Å². The van der Waals surface area contributed by atoms with Gasteiger partial charge in [-0.25, -0.2) is 0 Å². The first-order valence-corrected chi connectivity index (χ1v) is 4.31. The summed E-state index contributed by atoms with van der Waals surface area (Å²) >= 11 is 7.57. The molecule has 1 aromatic rings. The Bertz CT molecular complexity index is 237. The molecule has 54 valence electrons. The van der Waals surface area contributed by atoms with E-state index in [0.717, 1.165) is 21.5 Å². The topological polar surface area (TPSA) is 12.9 Å². The molecular weight excluding hydrogens is 210 g/mol. The van der Waals surface area contributed by atoms with Crippen LogP contribution >= 0.6 is 28.6 Å². The van der Waals surface area contributed by atoms with Gasteiger partial charge >= 0.3 is 0 Å². The molecule has 0 atom stereocenters. The van der Waals surface area contributed by atoms with Crippen molar-refractivity contribution >= 4 is 28.6 Å². The molecular formula is C7H8BrNS. The molecule has 0 N–H and O–H groups in total. The fraction of sp³-hybridized carbons (Fsp3) is 0.286. The number of halogens is 1. The molecule has 0 unspecified atom stereocenters. The molecule has 10 heavy (non-hydrogen) atoms. The van der Waals surface area contributed by atoms with Crippen molar-refractivity contribution in [3.8, 4) is 0 Å². The molecule has 0 aliphatic carbocycles. The molecule has 0 aliphatic rings. The summed E-state index contributed by atoms with van der Waals surface area (Å²) in [6.07, 6.45) is 2.73. The Morgan fingerprint density at radius 3 is 2.90 bits per heavy atom. The minimum Gasteiger partial charge on any atom is -0.259 e. The summed E-state index contributed by atoms with van der Waals surface area (Å²) in [5.74, 6) is 0. The van der Waals surface area contributed by atoms with Gasteiger partial charge < -0.3 is 0 Å². The highest BCUT2D eigenvalue weighted by Crippen LogP contribution is 2.17. The molecule has 1 rings (SSSR count). The molecule has 0 saturated heterocycles. The van der Waals surface area contributed by atoms with Crippen LogP contribution in [0, 0.1) is 0 Å². The van der Waals surface area contributed by atoms with Crippen LogP contribution in [0.2, 0.25) is 0 Å². The van der Waals surface area contributed by atoms with E-state index >= 15 is 0 Å². The zero-order valence-electron chi connectivity index (χ0n) is 5.63. The van der Waals surface area contributed by atoms with Gasteiger partial charge in [0.15, 0.2) is 0 Å². The lowest BCUT2D eigenvalue weighted by atomic mass is 10.3. The van der Waals surface area contributed by atoms with Crippen molar-refractivity contribution < 1.29 is 0 Å². The first-order chi connectivity index (χ1) is 4.74. The van der Waals surface area contributed by atoms with Gasteiger partial charge in [-0.05, 0) is 28.4 Å². The average molecular weight is 218 g/mol. The number of hydrogen-bond donors (Lipinski definition) is 1. The van der Waals surface area contributed by atoms with Crippen LogP contribution in [0.15, 0.2) is 21.6 Å². The Labute approximate surface area is 74.4 Å². The Morgan fingerprint density at radius 2 is 2.40 bits per heavy atom. The van der Waals surface area contributed by atoms with E-state index in [1.807, 2.05) is 6.07 Å². The van der Waals surface area contributed by atoms with Gasteiger partial charge in [0.1, 0.15) is 0 Å². The highest BCUT2D eigenvalue weighted by Gasteiger charge is 1.96. The van der Waals surface area contributed by atoms with Crippen LogP contribution in [-0.2, 0) is 6.42 Å². The first-order valence-electron chi connectivity index (χ1n) is 3.07. The molecule has 0 radical (unpaired) electrons. The monoisotopic (exact) mass is 217 g/mol. The lowest BCUT2D eigenvalue weighted by molar-refractivity contribution is 0.978. The molecule has 0 spiro atoms. The zero-order valence-corrected chi connectivity index (χ0v) is 8.11. The molecule has 0 amide bonds. The fourth-order valence-corrected chi connectivity index (χ4v) is 1.59. The Kier molecular flexibility index (Phi) is 2.74. The quantitative estimate of drug-likeness (QED) is 0.715. The molecule has 1 aromatic heterocycles. The van der Waals surface area contributed by atoms with Crippen LogP contribution in [0.4, 0.5) is 0 Å². The summed E-state index contributed by atoms with van der Waals surface area (Å²) in [5.41, 5.74) is 1.05. The number of pyridine rings is 1. The van der Waals surface area contributed by atoms with Crippen LogP contribution in [0.25, 0.3) is 0 Å². The summed E-state index contributed by atoms with van der Waals surface area (Å²) in [6, 6.07) is 1.95. The van der Waals surface area contributed by atoms with E-state index in [1.165, 1.54) is 0 Å². The third-order valence-electron chi connectivity index (χ3n) is 1.25. The maximum Gasteiger partial charge on any atom is 0.0534 e. The molecule has 3 heteroatoms. The first kappa shape index (κ1) is 8.08. The van der Waals surface area contributed by atoms with Gasteiger partial charge in [-0.2, -0.15) is 0 Å². The summed E-state index contributed by atoms with van der Waals surface area (Å²) in [5, 5.41) is 0. The van der Waals surface area contributed by atoms with Gasteiger partial charge in [-0.3, -0.25) is 4.98 Å². The molecule has 0 saturated carbocycles. The second-order valence-corrected chi connectivity index (χ2v) is 3.37. The van der Waals surface area contributed by atoms with E-state index in [1.54, 1.807) is 6.20 Å². The van der Waals surface area contributed by atoms with Crippen LogP contribution in [0.3, 0.4) is 0 Å². The van der Waals surface area contributed by atoms with Gasteiger partial charge in [0.25, 0.3) is 0 Å². The summed E-state index contributed by atoms with van der Waals surface area (Å²) in [7, 11) is 0.